The van der Waals surface area contributed by atoms with Crippen molar-refractivity contribution in [2.24, 2.45) is 0 Å². The molecule has 0 saturated heterocycles. The van der Waals surface area contributed by atoms with Crippen LogP contribution in [0.15, 0.2) is 55.1 Å². The van der Waals surface area contributed by atoms with Crippen molar-refractivity contribution in [1.82, 2.24) is 5.32 Å². The maximum absolute atomic E-state index is 12.4. The highest BCUT2D eigenvalue weighted by atomic mass is 16.5. The molecule has 2 aromatic rings. The number of hydrogen-bond donors (Lipinski definition) is 1. The van der Waals surface area contributed by atoms with Gasteiger partial charge in [0.15, 0.2) is 0 Å². The lowest BCUT2D eigenvalue weighted by Gasteiger charge is -2.15. The maximum atomic E-state index is 12.4. The van der Waals surface area contributed by atoms with Gasteiger partial charge < -0.3 is 10.1 Å². The molecule has 4 nitrogen and oxygen atoms in total. The van der Waals surface area contributed by atoms with Gasteiger partial charge in [-0.25, -0.2) is 4.79 Å². The van der Waals surface area contributed by atoms with Gasteiger partial charge in [0.05, 0.1) is 7.11 Å². The maximum Gasteiger partial charge on any atom is 0.328 e. The van der Waals surface area contributed by atoms with Crippen LogP contribution < -0.4 is 5.32 Å². The number of amides is 1. The van der Waals surface area contributed by atoms with Crippen LogP contribution in [0.25, 0.3) is 10.8 Å². The monoisotopic (exact) mass is 283 g/mol. The second-order valence-electron chi connectivity index (χ2n) is 4.60. The van der Waals surface area contributed by atoms with E-state index in [1.165, 1.54) is 7.11 Å². The number of ether oxygens (including phenoxy) is 1. The molecule has 2 aromatic carbocycles. The smallest absolute Gasteiger partial charge is 0.328 e. The van der Waals surface area contributed by atoms with Gasteiger partial charge in [-0.15, -0.1) is 6.58 Å². The van der Waals surface area contributed by atoms with Gasteiger partial charge in [-0.05, 0) is 23.3 Å². The molecule has 0 heterocycles. The van der Waals surface area contributed by atoms with Crippen LogP contribution in [0.1, 0.15) is 16.8 Å². The van der Waals surface area contributed by atoms with Gasteiger partial charge in [-0.1, -0.05) is 42.5 Å². The number of hydrogen-bond acceptors (Lipinski definition) is 3. The summed E-state index contributed by atoms with van der Waals surface area (Å²) < 4.78 is 4.69. The van der Waals surface area contributed by atoms with Gasteiger partial charge in [0.2, 0.25) is 0 Å². The Morgan fingerprint density at radius 2 is 1.95 bits per heavy atom. The van der Waals surface area contributed by atoms with Gasteiger partial charge in [-0.2, -0.15) is 0 Å². The van der Waals surface area contributed by atoms with E-state index in [2.05, 4.69) is 16.6 Å². The molecule has 1 amide bonds. The summed E-state index contributed by atoms with van der Waals surface area (Å²) in [4.78, 5) is 24.1. The SMILES string of the molecule is C=CC[C@H](NC(=O)c1cccc2ccccc12)C(=O)OC. The van der Waals surface area contributed by atoms with Crippen LogP contribution in [0.2, 0.25) is 0 Å². The predicted molar refractivity (Wildman–Crippen MR) is 82.0 cm³/mol. The normalized spacial score (nSPS) is 11.7. The lowest BCUT2D eigenvalue weighted by molar-refractivity contribution is -0.142. The summed E-state index contributed by atoms with van der Waals surface area (Å²) in [6.45, 7) is 3.59. The minimum atomic E-state index is -0.723. The zero-order chi connectivity index (χ0) is 15.2. The van der Waals surface area contributed by atoms with Gasteiger partial charge in [-0.3, -0.25) is 4.79 Å². The molecule has 0 aliphatic carbocycles. The number of nitrogens with one attached hydrogen (secondary N) is 1. The van der Waals surface area contributed by atoms with Crippen molar-refractivity contribution in [3.63, 3.8) is 0 Å². The summed E-state index contributed by atoms with van der Waals surface area (Å²) in [6, 6.07) is 12.4. The number of methoxy groups -OCH3 is 1. The molecule has 0 saturated carbocycles. The third-order valence-electron chi connectivity index (χ3n) is 3.23. The Kier molecular flexibility index (Phi) is 4.72. The third-order valence-corrected chi connectivity index (χ3v) is 3.23. The van der Waals surface area contributed by atoms with E-state index in [1.807, 2.05) is 36.4 Å². The van der Waals surface area contributed by atoms with Crippen molar-refractivity contribution in [2.75, 3.05) is 7.11 Å². The predicted octanol–water partition coefficient (Wildman–Crippen LogP) is 2.69. The lowest BCUT2D eigenvalue weighted by Crippen LogP contribution is -2.41. The summed E-state index contributed by atoms with van der Waals surface area (Å²) in [5.74, 6) is -0.785. The number of carbonyl (C=O) groups is 2. The van der Waals surface area contributed by atoms with E-state index >= 15 is 0 Å². The number of carbonyl (C=O) groups excluding carboxylic acids is 2. The molecule has 0 aliphatic rings. The number of rotatable bonds is 5. The molecule has 0 unspecified atom stereocenters. The highest BCUT2D eigenvalue weighted by molar-refractivity contribution is 6.07. The molecular weight excluding hydrogens is 266 g/mol. The van der Waals surface area contributed by atoms with Crippen molar-refractivity contribution >= 4 is 22.6 Å². The first-order valence-corrected chi connectivity index (χ1v) is 6.64. The van der Waals surface area contributed by atoms with Gasteiger partial charge in [0.25, 0.3) is 5.91 Å². The van der Waals surface area contributed by atoms with E-state index < -0.39 is 12.0 Å². The average Bonchev–Trinajstić information content (AvgIpc) is 2.53. The highest BCUT2D eigenvalue weighted by Crippen LogP contribution is 2.18. The average molecular weight is 283 g/mol. The van der Waals surface area contributed by atoms with Crippen LogP contribution in [0.5, 0.6) is 0 Å². The molecule has 0 aliphatic heterocycles. The minimum Gasteiger partial charge on any atom is -0.467 e. The molecule has 4 heteroatoms. The van der Waals surface area contributed by atoms with E-state index in [-0.39, 0.29) is 5.91 Å². The minimum absolute atomic E-state index is 0.302. The molecule has 2 rings (SSSR count). The van der Waals surface area contributed by atoms with Gasteiger partial charge in [0, 0.05) is 5.56 Å². The van der Waals surface area contributed by atoms with Crippen molar-refractivity contribution < 1.29 is 14.3 Å². The Hall–Kier alpha value is -2.62. The standard InChI is InChI=1S/C17H17NO3/c1-3-7-15(17(20)21-2)18-16(19)14-11-6-9-12-8-4-5-10-13(12)14/h3-6,8-11,15H,1,7H2,2H3,(H,18,19)/t15-/m0/s1. The molecular formula is C17H17NO3. The molecule has 1 N–H and O–H groups in total. The van der Waals surface area contributed by atoms with E-state index in [0.717, 1.165) is 10.8 Å². The number of esters is 1. The molecule has 0 aromatic heterocycles. The Bertz CT molecular complexity index is 673. The highest BCUT2D eigenvalue weighted by Gasteiger charge is 2.21. The van der Waals surface area contributed by atoms with E-state index in [1.54, 1.807) is 12.1 Å². The lowest BCUT2D eigenvalue weighted by atomic mass is 10.0. The fraction of sp³-hybridized carbons (Fsp3) is 0.176. The summed E-state index contributed by atoms with van der Waals surface area (Å²) in [6.07, 6.45) is 1.90. The summed E-state index contributed by atoms with van der Waals surface area (Å²) in [5, 5.41) is 4.51. The Morgan fingerprint density at radius 3 is 2.67 bits per heavy atom. The van der Waals surface area contributed by atoms with Crippen LogP contribution in [0.4, 0.5) is 0 Å². The van der Waals surface area contributed by atoms with Gasteiger partial charge in [0.1, 0.15) is 6.04 Å². The molecule has 1 atom stereocenters. The van der Waals surface area contributed by atoms with Crippen LogP contribution in [-0.2, 0) is 9.53 Å². The van der Waals surface area contributed by atoms with E-state index in [9.17, 15) is 9.59 Å². The number of benzene rings is 2. The zero-order valence-electron chi connectivity index (χ0n) is 11.8. The largest absolute Gasteiger partial charge is 0.467 e. The van der Waals surface area contributed by atoms with Crippen LogP contribution in [0, 0.1) is 0 Å². The van der Waals surface area contributed by atoms with Crippen LogP contribution in [-0.4, -0.2) is 25.0 Å². The van der Waals surface area contributed by atoms with Crippen molar-refractivity contribution in [2.45, 2.75) is 12.5 Å². The van der Waals surface area contributed by atoms with Crippen molar-refractivity contribution in [3.05, 3.63) is 60.7 Å². The third kappa shape index (κ3) is 3.28. The van der Waals surface area contributed by atoms with Crippen molar-refractivity contribution in [3.8, 4) is 0 Å². The first-order chi connectivity index (χ1) is 10.2. The molecule has 0 radical (unpaired) electrons. The quantitative estimate of drug-likeness (QED) is 0.678. The molecule has 0 fully saturated rings. The first kappa shape index (κ1) is 14.8. The molecule has 0 bridgehead atoms. The van der Waals surface area contributed by atoms with E-state index in [4.69, 9.17) is 0 Å². The molecule has 21 heavy (non-hydrogen) atoms. The first-order valence-electron chi connectivity index (χ1n) is 6.64. The fourth-order valence-corrected chi connectivity index (χ4v) is 2.18. The second-order valence-corrected chi connectivity index (χ2v) is 4.60. The van der Waals surface area contributed by atoms with Crippen molar-refractivity contribution in [1.29, 1.82) is 0 Å². The fourth-order valence-electron chi connectivity index (χ4n) is 2.18. The second kappa shape index (κ2) is 6.70. The molecule has 108 valence electrons. The topological polar surface area (TPSA) is 55.4 Å². The van der Waals surface area contributed by atoms with Crippen LogP contribution >= 0.6 is 0 Å². The Labute approximate surface area is 123 Å². The van der Waals surface area contributed by atoms with Gasteiger partial charge >= 0.3 is 5.97 Å². The summed E-state index contributed by atoms with van der Waals surface area (Å²) in [7, 11) is 1.29. The van der Waals surface area contributed by atoms with E-state index in [0.29, 0.717) is 12.0 Å². The Balaban J connectivity index is 2.29. The number of fused-ring (bicyclic) bond motifs is 1. The summed E-state index contributed by atoms with van der Waals surface area (Å²) >= 11 is 0. The Morgan fingerprint density at radius 1 is 1.24 bits per heavy atom. The van der Waals surface area contributed by atoms with Crippen LogP contribution in [0.3, 0.4) is 0 Å². The molecule has 0 spiro atoms. The zero-order valence-corrected chi connectivity index (χ0v) is 11.8. The summed E-state index contributed by atoms with van der Waals surface area (Å²) in [5.41, 5.74) is 0.533.